The molecule has 0 atom stereocenters. The van der Waals surface area contributed by atoms with Gasteiger partial charge in [-0.3, -0.25) is 4.99 Å². The van der Waals surface area contributed by atoms with Gasteiger partial charge in [0.05, 0.1) is 5.54 Å². The molecule has 0 radical (unpaired) electrons. The van der Waals surface area contributed by atoms with Gasteiger partial charge in [0, 0.05) is 0 Å². The molecule has 1 aliphatic carbocycles. The molecular formula is C12H23N. The maximum atomic E-state index is 4.25. The van der Waals surface area contributed by atoms with Crippen LogP contribution >= 0.6 is 0 Å². The van der Waals surface area contributed by atoms with Crippen molar-refractivity contribution in [2.24, 2.45) is 16.3 Å². The minimum atomic E-state index is 0.182. The maximum Gasteiger partial charge on any atom is 0.0573 e. The third kappa shape index (κ3) is 2.55. The van der Waals surface area contributed by atoms with Crippen LogP contribution in [0.2, 0.25) is 0 Å². The monoisotopic (exact) mass is 181 g/mol. The maximum absolute atomic E-state index is 4.25. The summed E-state index contributed by atoms with van der Waals surface area (Å²) in [7, 11) is 0. The second-order valence-electron chi connectivity index (χ2n) is 5.80. The van der Waals surface area contributed by atoms with E-state index in [1.807, 2.05) is 0 Å². The number of hydrogen-bond acceptors (Lipinski definition) is 1. The lowest BCUT2D eigenvalue weighted by molar-refractivity contribution is 0.143. The van der Waals surface area contributed by atoms with Crippen molar-refractivity contribution in [3.05, 3.63) is 0 Å². The minimum Gasteiger partial charge on any atom is -0.295 e. The number of hydrogen-bond donors (Lipinski definition) is 0. The van der Waals surface area contributed by atoms with E-state index in [0.717, 1.165) is 5.92 Å². The molecule has 0 amide bonds. The van der Waals surface area contributed by atoms with Gasteiger partial charge in [-0.15, -0.1) is 0 Å². The van der Waals surface area contributed by atoms with Crippen molar-refractivity contribution >= 4 is 6.72 Å². The van der Waals surface area contributed by atoms with E-state index in [1.54, 1.807) is 0 Å². The van der Waals surface area contributed by atoms with Crippen LogP contribution in [0.4, 0.5) is 0 Å². The topological polar surface area (TPSA) is 12.4 Å². The molecule has 0 aliphatic heterocycles. The summed E-state index contributed by atoms with van der Waals surface area (Å²) in [5.41, 5.74) is 0.657. The Hall–Kier alpha value is -0.330. The molecule has 1 saturated carbocycles. The van der Waals surface area contributed by atoms with Crippen LogP contribution in [0.25, 0.3) is 0 Å². The lowest BCUT2D eigenvalue weighted by atomic mass is 9.68. The van der Waals surface area contributed by atoms with Crippen LogP contribution in [-0.4, -0.2) is 12.3 Å². The highest BCUT2D eigenvalue weighted by Gasteiger charge is 2.34. The average Bonchev–Trinajstić information content (AvgIpc) is 2.04. The van der Waals surface area contributed by atoms with Gasteiger partial charge in [-0.1, -0.05) is 20.8 Å². The molecule has 76 valence electrons. The van der Waals surface area contributed by atoms with Gasteiger partial charge in [0.15, 0.2) is 0 Å². The first-order valence-electron chi connectivity index (χ1n) is 5.35. The van der Waals surface area contributed by atoms with Crippen molar-refractivity contribution < 1.29 is 0 Å². The zero-order chi connectivity index (χ0) is 10.1. The Morgan fingerprint density at radius 1 is 1.23 bits per heavy atom. The molecule has 1 aliphatic rings. The molecule has 0 spiro atoms. The molecular weight excluding hydrogens is 158 g/mol. The van der Waals surface area contributed by atoms with Gasteiger partial charge in [0.2, 0.25) is 0 Å². The fourth-order valence-corrected chi connectivity index (χ4v) is 2.26. The second-order valence-corrected chi connectivity index (χ2v) is 5.80. The summed E-state index contributed by atoms with van der Waals surface area (Å²) in [6, 6.07) is 0. The van der Waals surface area contributed by atoms with Gasteiger partial charge in [0.1, 0.15) is 0 Å². The normalized spacial score (nSPS) is 35.8. The van der Waals surface area contributed by atoms with Crippen molar-refractivity contribution in [2.45, 2.75) is 58.9 Å². The Morgan fingerprint density at radius 2 is 1.69 bits per heavy atom. The third-order valence-corrected chi connectivity index (χ3v) is 3.67. The van der Waals surface area contributed by atoms with Crippen molar-refractivity contribution in [1.29, 1.82) is 0 Å². The quantitative estimate of drug-likeness (QED) is 0.547. The van der Waals surface area contributed by atoms with Gasteiger partial charge in [-0.25, -0.2) is 0 Å². The van der Waals surface area contributed by atoms with Crippen LogP contribution in [0.3, 0.4) is 0 Å². The third-order valence-electron chi connectivity index (χ3n) is 3.67. The van der Waals surface area contributed by atoms with E-state index in [9.17, 15) is 0 Å². The molecule has 0 heterocycles. The molecule has 1 nitrogen and oxygen atoms in total. The first-order valence-corrected chi connectivity index (χ1v) is 5.35. The summed E-state index contributed by atoms with van der Waals surface area (Å²) < 4.78 is 0. The van der Waals surface area contributed by atoms with Gasteiger partial charge in [-0.05, 0) is 50.7 Å². The molecule has 0 aromatic rings. The van der Waals surface area contributed by atoms with E-state index in [0.29, 0.717) is 5.41 Å². The van der Waals surface area contributed by atoms with Gasteiger partial charge >= 0.3 is 0 Å². The molecule has 0 bridgehead atoms. The number of rotatable bonds is 1. The lowest BCUT2D eigenvalue weighted by Crippen LogP contribution is -2.33. The van der Waals surface area contributed by atoms with Crippen molar-refractivity contribution in [2.75, 3.05) is 0 Å². The molecule has 1 fully saturated rings. The largest absolute Gasteiger partial charge is 0.295 e. The van der Waals surface area contributed by atoms with Crippen LogP contribution in [0, 0.1) is 11.3 Å². The van der Waals surface area contributed by atoms with Crippen LogP contribution in [0.1, 0.15) is 53.4 Å². The van der Waals surface area contributed by atoms with E-state index in [2.05, 4.69) is 39.4 Å². The van der Waals surface area contributed by atoms with Crippen LogP contribution in [0.5, 0.6) is 0 Å². The van der Waals surface area contributed by atoms with Crippen LogP contribution in [0.15, 0.2) is 4.99 Å². The molecule has 0 N–H and O–H groups in total. The van der Waals surface area contributed by atoms with Crippen molar-refractivity contribution in [1.82, 2.24) is 0 Å². The Balaban J connectivity index is 2.53. The van der Waals surface area contributed by atoms with E-state index in [1.165, 1.54) is 25.7 Å². The number of aliphatic imine (C=N–C) groups is 1. The Labute approximate surface area is 82.6 Å². The fraction of sp³-hybridized carbons (Fsp3) is 0.917. The zero-order valence-corrected chi connectivity index (χ0v) is 9.56. The summed E-state index contributed by atoms with van der Waals surface area (Å²) in [5, 5.41) is 0. The molecule has 13 heavy (non-hydrogen) atoms. The molecule has 0 saturated heterocycles. The predicted octanol–water partition coefficient (Wildman–Crippen LogP) is 3.68. The number of nitrogens with zero attached hydrogens (tertiary/aromatic N) is 1. The van der Waals surface area contributed by atoms with E-state index in [4.69, 9.17) is 0 Å². The SMILES string of the molecule is C=NC1(C)CCC(C(C)(C)C)CC1. The summed E-state index contributed by atoms with van der Waals surface area (Å²) in [4.78, 5) is 4.25. The average molecular weight is 181 g/mol. The summed E-state index contributed by atoms with van der Waals surface area (Å²) in [6.07, 6.45) is 5.08. The summed E-state index contributed by atoms with van der Waals surface area (Å²) in [5.74, 6) is 0.877. The second kappa shape index (κ2) is 3.43. The van der Waals surface area contributed by atoms with Gasteiger partial charge in [-0.2, -0.15) is 0 Å². The lowest BCUT2D eigenvalue weighted by Gasteiger charge is -2.40. The van der Waals surface area contributed by atoms with Crippen molar-refractivity contribution in [3.63, 3.8) is 0 Å². The minimum absolute atomic E-state index is 0.182. The Morgan fingerprint density at radius 3 is 2.00 bits per heavy atom. The van der Waals surface area contributed by atoms with E-state index >= 15 is 0 Å². The molecule has 0 aromatic carbocycles. The Kier molecular flexibility index (Phi) is 2.84. The molecule has 1 heteroatoms. The Bertz CT molecular complexity index is 180. The highest BCUT2D eigenvalue weighted by Crippen LogP contribution is 2.42. The van der Waals surface area contributed by atoms with E-state index < -0.39 is 0 Å². The molecule has 1 rings (SSSR count). The smallest absolute Gasteiger partial charge is 0.0573 e. The highest BCUT2D eigenvalue weighted by molar-refractivity contribution is 5.26. The van der Waals surface area contributed by atoms with Gasteiger partial charge in [0.25, 0.3) is 0 Å². The highest BCUT2D eigenvalue weighted by atomic mass is 14.8. The van der Waals surface area contributed by atoms with E-state index in [-0.39, 0.29) is 5.54 Å². The van der Waals surface area contributed by atoms with Gasteiger partial charge < -0.3 is 0 Å². The standard InChI is InChI=1S/C12H23N/c1-11(2,3)10-6-8-12(4,13-5)9-7-10/h10H,5-9H2,1-4H3. The van der Waals surface area contributed by atoms with Crippen molar-refractivity contribution in [3.8, 4) is 0 Å². The first-order chi connectivity index (χ1) is 5.87. The fourth-order valence-electron chi connectivity index (χ4n) is 2.26. The first kappa shape index (κ1) is 10.7. The predicted molar refractivity (Wildman–Crippen MR) is 59.4 cm³/mol. The van der Waals surface area contributed by atoms with Crippen LogP contribution in [-0.2, 0) is 0 Å². The molecule has 0 unspecified atom stereocenters. The zero-order valence-electron chi connectivity index (χ0n) is 9.56. The summed E-state index contributed by atoms with van der Waals surface area (Å²) >= 11 is 0. The molecule has 0 aromatic heterocycles. The summed E-state index contributed by atoms with van der Waals surface area (Å²) in [6.45, 7) is 13.0. The van der Waals surface area contributed by atoms with Crippen LogP contribution < -0.4 is 0 Å².